The van der Waals surface area contributed by atoms with E-state index in [1.807, 2.05) is 19.4 Å². The summed E-state index contributed by atoms with van der Waals surface area (Å²) in [6, 6.07) is 0. The van der Waals surface area contributed by atoms with E-state index in [1.165, 1.54) is 4.88 Å². The van der Waals surface area contributed by atoms with Crippen molar-refractivity contribution in [3.05, 3.63) is 16.1 Å². The van der Waals surface area contributed by atoms with Crippen LogP contribution in [0.3, 0.4) is 0 Å². The molecule has 4 nitrogen and oxygen atoms in total. The lowest BCUT2D eigenvalue weighted by molar-refractivity contribution is -0.144. The molecule has 16 heavy (non-hydrogen) atoms. The Morgan fingerprint density at radius 2 is 2.38 bits per heavy atom. The zero-order valence-corrected chi connectivity index (χ0v) is 10.7. The van der Waals surface area contributed by atoms with Crippen LogP contribution >= 0.6 is 11.3 Å². The molecule has 0 bridgehead atoms. The maximum Gasteiger partial charge on any atom is 0.323 e. The Hall–Kier alpha value is -0.940. The van der Waals surface area contributed by atoms with Gasteiger partial charge in [0.1, 0.15) is 5.54 Å². The fraction of sp³-hybridized carbons (Fsp3) is 0.636. The lowest BCUT2D eigenvalue weighted by atomic mass is 9.99. The van der Waals surface area contributed by atoms with Gasteiger partial charge in [-0.2, -0.15) is 0 Å². The maximum atomic E-state index is 11.0. The molecule has 0 fully saturated rings. The third kappa shape index (κ3) is 3.02. The molecule has 90 valence electrons. The molecule has 1 aromatic rings. The number of aliphatic carboxylic acids is 1. The van der Waals surface area contributed by atoms with Gasteiger partial charge in [-0.1, -0.05) is 6.92 Å². The van der Waals surface area contributed by atoms with Gasteiger partial charge in [0.15, 0.2) is 0 Å². The van der Waals surface area contributed by atoms with Crippen molar-refractivity contribution >= 4 is 17.3 Å². The molecule has 5 heteroatoms. The van der Waals surface area contributed by atoms with Crippen LogP contribution in [0.25, 0.3) is 0 Å². The second-order valence-corrected chi connectivity index (χ2v) is 4.97. The molecule has 1 rings (SSSR count). The summed E-state index contributed by atoms with van der Waals surface area (Å²) >= 11 is 1.62. The molecule has 1 unspecified atom stereocenters. The summed E-state index contributed by atoms with van der Waals surface area (Å²) in [5.74, 6) is -0.795. The quantitative estimate of drug-likeness (QED) is 0.799. The molecule has 0 aliphatic rings. The van der Waals surface area contributed by atoms with Gasteiger partial charge in [-0.05, 0) is 26.7 Å². The molecular formula is C11H18N2O2S. The van der Waals surface area contributed by atoms with E-state index in [0.29, 0.717) is 13.0 Å². The third-order valence-corrected chi connectivity index (χ3v) is 3.89. The number of aryl methyl sites for hydroxylation is 1. The van der Waals surface area contributed by atoms with Crippen LogP contribution in [-0.2, 0) is 11.2 Å². The van der Waals surface area contributed by atoms with E-state index < -0.39 is 11.5 Å². The topological polar surface area (TPSA) is 62.2 Å². The highest BCUT2D eigenvalue weighted by Crippen LogP contribution is 2.14. The highest BCUT2D eigenvalue weighted by atomic mass is 32.1. The maximum absolute atomic E-state index is 11.0. The van der Waals surface area contributed by atoms with Crippen LogP contribution in [0.1, 0.15) is 30.8 Å². The first-order chi connectivity index (χ1) is 7.49. The van der Waals surface area contributed by atoms with E-state index in [1.54, 1.807) is 18.3 Å². The number of hydrogen-bond acceptors (Lipinski definition) is 4. The van der Waals surface area contributed by atoms with E-state index in [0.717, 1.165) is 12.1 Å². The Morgan fingerprint density at radius 3 is 2.81 bits per heavy atom. The number of aromatic nitrogens is 1. The molecule has 1 atom stereocenters. The van der Waals surface area contributed by atoms with Crippen molar-refractivity contribution in [2.45, 2.75) is 39.2 Å². The van der Waals surface area contributed by atoms with Crippen molar-refractivity contribution in [2.24, 2.45) is 0 Å². The molecule has 1 aromatic heterocycles. The number of nitrogens with one attached hydrogen (secondary N) is 1. The summed E-state index contributed by atoms with van der Waals surface area (Å²) < 4.78 is 0. The molecular weight excluding hydrogens is 224 g/mol. The fourth-order valence-electron chi connectivity index (χ4n) is 1.37. The third-order valence-electron chi connectivity index (χ3n) is 2.89. The number of hydrogen-bond donors (Lipinski definition) is 2. The van der Waals surface area contributed by atoms with E-state index >= 15 is 0 Å². The minimum atomic E-state index is -0.821. The molecule has 0 saturated carbocycles. The van der Waals surface area contributed by atoms with Crippen LogP contribution in [0.2, 0.25) is 0 Å². The lowest BCUT2D eigenvalue weighted by Gasteiger charge is -2.24. The fourth-order valence-corrected chi connectivity index (χ4v) is 2.15. The number of nitrogens with zero attached hydrogens (tertiary/aromatic N) is 1. The molecule has 1 heterocycles. The number of carbonyl (C=O) groups is 1. The number of thiazole rings is 1. The lowest BCUT2D eigenvalue weighted by Crippen LogP contribution is -2.49. The Balaban J connectivity index is 2.46. The van der Waals surface area contributed by atoms with Crippen molar-refractivity contribution < 1.29 is 9.90 Å². The van der Waals surface area contributed by atoms with Gasteiger partial charge in [-0.25, -0.2) is 4.98 Å². The highest BCUT2D eigenvalue weighted by Gasteiger charge is 2.29. The molecule has 0 aromatic carbocycles. The van der Waals surface area contributed by atoms with E-state index in [-0.39, 0.29) is 0 Å². The second-order valence-electron chi connectivity index (χ2n) is 4.03. The molecule has 0 saturated heterocycles. The molecule has 0 amide bonds. The zero-order valence-electron chi connectivity index (χ0n) is 9.91. The van der Waals surface area contributed by atoms with Crippen molar-refractivity contribution in [1.29, 1.82) is 0 Å². The van der Waals surface area contributed by atoms with Crippen LogP contribution in [0, 0.1) is 6.92 Å². The Bertz CT molecular complexity index is 365. The van der Waals surface area contributed by atoms with Gasteiger partial charge in [-0.3, -0.25) is 4.79 Å². The highest BCUT2D eigenvalue weighted by molar-refractivity contribution is 7.09. The Labute approximate surface area is 99.7 Å². The first-order valence-electron chi connectivity index (χ1n) is 5.37. The van der Waals surface area contributed by atoms with Crippen LogP contribution in [0.5, 0.6) is 0 Å². The van der Waals surface area contributed by atoms with Crippen molar-refractivity contribution in [2.75, 3.05) is 6.54 Å². The summed E-state index contributed by atoms with van der Waals surface area (Å²) in [4.78, 5) is 16.4. The molecule has 0 spiro atoms. The van der Waals surface area contributed by atoms with Gasteiger partial charge in [0.2, 0.25) is 0 Å². The number of carboxylic acid groups (broad SMARTS) is 1. The predicted molar refractivity (Wildman–Crippen MR) is 64.9 cm³/mol. The molecule has 0 radical (unpaired) electrons. The largest absolute Gasteiger partial charge is 0.480 e. The van der Waals surface area contributed by atoms with E-state index in [4.69, 9.17) is 5.11 Å². The summed E-state index contributed by atoms with van der Waals surface area (Å²) in [5, 5.41) is 12.2. The Kier molecular flexibility index (Phi) is 4.44. The van der Waals surface area contributed by atoms with Gasteiger partial charge in [0.25, 0.3) is 0 Å². The average Bonchev–Trinajstić information content (AvgIpc) is 2.64. The first kappa shape index (κ1) is 13.1. The summed E-state index contributed by atoms with van der Waals surface area (Å²) in [6.07, 6.45) is 1.41. The van der Waals surface area contributed by atoms with Crippen LogP contribution in [0.15, 0.2) is 5.51 Å². The number of rotatable bonds is 6. The van der Waals surface area contributed by atoms with Crippen molar-refractivity contribution in [3.8, 4) is 0 Å². The van der Waals surface area contributed by atoms with Gasteiger partial charge in [0, 0.05) is 11.4 Å². The van der Waals surface area contributed by atoms with Crippen LogP contribution < -0.4 is 5.32 Å². The smallest absolute Gasteiger partial charge is 0.323 e. The van der Waals surface area contributed by atoms with Crippen molar-refractivity contribution in [3.63, 3.8) is 0 Å². The molecule has 0 aliphatic carbocycles. The second kappa shape index (κ2) is 5.41. The first-order valence-corrected chi connectivity index (χ1v) is 6.25. The van der Waals surface area contributed by atoms with Crippen molar-refractivity contribution in [1.82, 2.24) is 10.3 Å². The van der Waals surface area contributed by atoms with E-state index in [2.05, 4.69) is 10.3 Å². The normalized spacial score (nSPS) is 14.7. The van der Waals surface area contributed by atoms with Crippen LogP contribution in [-0.4, -0.2) is 28.1 Å². The monoisotopic (exact) mass is 242 g/mol. The Morgan fingerprint density at radius 1 is 1.69 bits per heavy atom. The SMILES string of the molecule is CCC(C)(NCCc1scnc1C)C(=O)O. The summed E-state index contributed by atoms with van der Waals surface area (Å²) in [7, 11) is 0. The summed E-state index contributed by atoms with van der Waals surface area (Å²) in [6.45, 7) is 6.23. The minimum absolute atomic E-state index is 0.573. The average molecular weight is 242 g/mol. The summed E-state index contributed by atoms with van der Waals surface area (Å²) in [5.41, 5.74) is 2.04. The van der Waals surface area contributed by atoms with E-state index in [9.17, 15) is 4.79 Å². The van der Waals surface area contributed by atoms with Gasteiger partial charge in [-0.15, -0.1) is 11.3 Å². The van der Waals surface area contributed by atoms with Gasteiger partial charge < -0.3 is 10.4 Å². The molecule has 0 aliphatic heterocycles. The molecule has 2 N–H and O–H groups in total. The number of carboxylic acids is 1. The van der Waals surface area contributed by atoms with Gasteiger partial charge >= 0.3 is 5.97 Å². The standard InChI is InChI=1S/C11H18N2O2S/c1-4-11(3,10(14)15)13-6-5-9-8(2)12-7-16-9/h7,13H,4-6H2,1-3H3,(H,14,15). The van der Waals surface area contributed by atoms with Crippen LogP contribution in [0.4, 0.5) is 0 Å². The van der Waals surface area contributed by atoms with Gasteiger partial charge in [0.05, 0.1) is 11.2 Å². The predicted octanol–water partition coefficient (Wildman–Crippen LogP) is 1.84. The minimum Gasteiger partial charge on any atom is -0.480 e. The zero-order chi connectivity index (χ0) is 12.2.